The highest BCUT2D eigenvalue weighted by Crippen LogP contribution is 2.03. The number of aliphatic imine (C=N–C) groups is 1. The summed E-state index contributed by atoms with van der Waals surface area (Å²) in [5.41, 5.74) is 21.0. The third-order valence-corrected chi connectivity index (χ3v) is 4.32. The van der Waals surface area contributed by atoms with Gasteiger partial charge < -0.3 is 49.1 Å². The smallest absolute Gasteiger partial charge is 0.326 e. The Bertz CT molecular complexity index is 784. The van der Waals surface area contributed by atoms with Crippen LogP contribution in [-0.2, 0) is 28.8 Å². The summed E-state index contributed by atoms with van der Waals surface area (Å²) in [6.07, 6.45) is -0.758. The number of rotatable bonds is 17. The lowest BCUT2D eigenvalue weighted by Crippen LogP contribution is -2.53. The second kappa shape index (κ2) is 15.8. The SMILES string of the molecule is NC(=O)CCC(NC(=O)C(CCCN=C(N)N)NC(=O)CNC(=O)C(N)CCC(=O)O)C(=O)O. The van der Waals surface area contributed by atoms with Gasteiger partial charge in [-0.3, -0.25) is 29.0 Å². The van der Waals surface area contributed by atoms with E-state index in [1.54, 1.807) is 0 Å². The zero-order valence-corrected chi connectivity index (χ0v) is 18.5. The largest absolute Gasteiger partial charge is 0.481 e. The van der Waals surface area contributed by atoms with Crippen LogP contribution >= 0.6 is 0 Å². The van der Waals surface area contributed by atoms with Crippen molar-refractivity contribution in [1.82, 2.24) is 16.0 Å². The van der Waals surface area contributed by atoms with E-state index in [1.165, 1.54) is 0 Å². The second-order valence-electron chi connectivity index (χ2n) is 7.23. The number of nitrogens with one attached hydrogen (secondary N) is 3. The molecule has 16 heteroatoms. The van der Waals surface area contributed by atoms with E-state index in [9.17, 15) is 33.9 Å². The van der Waals surface area contributed by atoms with Crippen LogP contribution in [0.25, 0.3) is 0 Å². The summed E-state index contributed by atoms with van der Waals surface area (Å²) in [5.74, 6) is -5.86. The summed E-state index contributed by atoms with van der Waals surface area (Å²) >= 11 is 0. The van der Waals surface area contributed by atoms with Crippen LogP contribution in [0.4, 0.5) is 0 Å². The van der Waals surface area contributed by atoms with Gasteiger partial charge in [-0.15, -0.1) is 0 Å². The van der Waals surface area contributed by atoms with Gasteiger partial charge in [-0.25, -0.2) is 4.79 Å². The molecule has 0 aliphatic rings. The number of aliphatic carboxylic acids is 2. The van der Waals surface area contributed by atoms with E-state index >= 15 is 0 Å². The van der Waals surface area contributed by atoms with Crippen LogP contribution in [0.2, 0.25) is 0 Å². The molecule has 192 valence electrons. The van der Waals surface area contributed by atoms with E-state index in [1.807, 2.05) is 0 Å². The van der Waals surface area contributed by atoms with Gasteiger partial charge in [0.2, 0.25) is 23.6 Å². The Hall–Kier alpha value is -3.95. The van der Waals surface area contributed by atoms with Crippen LogP contribution in [0.15, 0.2) is 4.99 Å². The number of carboxylic acid groups (broad SMARTS) is 2. The number of carbonyl (C=O) groups is 6. The quantitative estimate of drug-likeness (QED) is 0.0535. The van der Waals surface area contributed by atoms with Gasteiger partial charge in [0.15, 0.2) is 5.96 Å². The zero-order valence-electron chi connectivity index (χ0n) is 18.5. The zero-order chi connectivity index (χ0) is 26.3. The normalized spacial score (nSPS) is 13.0. The van der Waals surface area contributed by atoms with Crippen LogP contribution in [0.5, 0.6) is 0 Å². The molecule has 0 spiro atoms. The van der Waals surface area contributed by atoms with Crippen LogP contribution in [0.3, 0.4) is 0 Å². The maximum atomic E-state index is 12.6. The Balaban J connectivity index is 5.06. The third-order valence-electron chi connectivity index (χ3n) is 4.32. The first-order chi connectivity index (χ1) is 15.8. The number of nitrogens with zero attached hydrogens (tertiary/aromatic N) is 1. The van der Waals surface area contributed by atoms with E-state index in [0.717, 1.165) is 0 Å². The van der Waals surface area contributed by atoms with Crippen molar-refractivity contribution in [1.29, 1.82) is 0 Å². The van der Waals surface area contributed by atoms with E-state index < -0.39 is 60.2 Å². The van der Waals surface area contributed by atoms with Gasteiger partial charge in [-0.05, 0) is 25.7 Å². The van der Waals surface area contributed by atoms with Gasteiger partial charge in [-0.1, -0.05) is 0 Å². The molecule has 16 nitrogen and oxygen atoms in total. The number of guanidine groups is 1. The molecule has 0 bridgehead atoms. The van der Waals surface area contributed by atoms with Crippen molar-refractivity contribution in [3.05, 3.63) is 0 Å². The van der Waals surface area contributed by atoms with E-state index in [0.29, 0.717) is 0 Å². The molecule has 0 fully saturated rings. The fraction of sp³-hybridized carbons (Fsp3) is 0.611. The van der Waals surface area contributed by atoms with Gasteiger partial charge >= 0.3 is 11.9 Å². The lowest BCUT2D eigenvalue weighted by Gasteiger charge is -2.21. The first-order valence-electron chi connectivity index (χ1n) is 10.2. The van der Waals surface area contributed by atoms with E-state index in [-0.39, 0.29) is 51.0 Å². The molecular formula is C18H32N8O8. The molecular weight excluding hydrogens is 456 g/mol. The lowest BCUT2D eigenvalue weighted by molar-refractivity contribution is -0.142. The number of carboxylic acids is 2. The molecule has 0 aromatic heterocycles. The van der Waals surface area contributed by atoms with E-state index in [4.69, 9.17) is 28.0 Å². The number of amides is 4. The molecule has 34 heavy (non-hydrogen) atoms. The van der Waals surface area contributed by atoms with Gasteiger partial charge in [0.05, 0.1) is 12.6 Å². The van der Waals surface area contributed by atoms with Crippen LogP contribution in [0.1, 0.15) is 38.5 Å². The maximum absolute atomic E-state index is 12.6. The molecule has 3 atom stereocenters. The summed E-state index contributed by atoms with van der Waals surface area (Å²) in [6, 6.07) is -3.79. The minimum absolute atomic E-state index is 0.0165. The average Bonchev–Trinajstić information content (AvgIpc) is 2.74. The van der Waals surface area contributed by atoms with Crippen molar-refractivity contribution < 1.29 is 39.0 Å². The molecule has 0 aliphatic heterocycles. The minimum atomic E-state index is -1.43. The topological polar surface area (TPSA) is 295 Å². The summed E-state index contributed by atoms with van der Waals surface area (Å²) in [6.45, 7) is -0.442. The first kappa shape index (κ1) is 30.1. The summed E-state index contributed by atoms with van der Waals surface area (Å²) in [5, 5.41) is 24.7. The Labute approximate surface area is 194 Å². The highest BCUT2D eigenvalue weighted by molar-refractivity contribution is 5.92. The molecule has 0 saturated heterocycles. The molecule has 0 rings (SSSR count). The Morgan fingerprint density at radius 3 is 2.00 bits per heavy atom. The van der Waals surface area contributed by atoms with Crippen molar-refractivity contribution in [2.45, 2.75) is 56.7 Å². The average molecular weight is 489 g/mol. The number of primary amides is 1. The van der Waals surface area contributed by atoms with Crippen molar-refractivity contribution in [3.63, 3.8) is 0 Å². The highest BCUT2D eigenvalue weighted by Gasteiger charge is 2.27. The number of hydrogen-bond donors (Lipinski definition) is 9. The molecule has 0 saturated carbocycles. The van der Waals surface area contributed by atoms with Gasteiger partial charge in [-0.2, -0.15) is 0 Å². The Morgan fingerprint density at radius 2 is 1.47 bits per heavy atom. The lowest BCUT2D eigenvalue weighted by atomic mass is 10.1. The second-order valence-corrected chi connectivity index (χ2v) is 7.23. The number of nitrogens with two attached hydrogens (primary N) is 4. The maximum Gasteiger partial charge on any atom is 0.326 e. The summed E-state index contributed by atoms with van der Waals surface area (Å²) in [7, 11) is 0. The third kappa shape index (κ3) is 14.2. The fourth-order valence-corrected chi connectivity index (χ4v) is 2.54. The predicted molar refractivity (Wildman–Crippen MR) is 118 cm³/mol. The summed E-state index contributed by atoms with van der Waals surface area (Å²) in [4.78, 5) is 73.3. The minimum Gasteiger partial charge on any atom is -0.481 e. The molecule has 0 aromatic rings. The standard InChI is InChI=1S/C18H32N8O8/c19-9(3-6-14(29)30)15(31)24-8-13(28)25-10(2-1-7-23-18(21)22)16(32)26-11(17(33)34)4-5-12(20)27/h9-11H,1-8,19H2,(H2,20,27)(H,24,31)(H,25,28)(H,26,32)(H,29,30)(H,33,34)(H4,21,22,23). The summed E-state index contributed by atoms with van der Waals surface area (Å²) < 4.78 is 0. The predicted octanol–water partition coefficient (Wildman–Crippen LogP) is -4.33. The molecule has 0 aromatic carbocycles. The van der Waals surface area contributed by atoms with Gasteiger partial charge in [0, 0.05) is 19.4 Å². The number of carbonyl (C=O) groups excluding carboxylic acids is 4. The van der Waals surface area contributed by atoms with Crippen molar-refractivity contribution in [2.75, 3.05) is 13.1 Å². The highest BCUT2D eigenvalue weighted by atomic mass is 16.4. The molecule has 13 N–H and O–H groups in total. The Morgan fingerprint density at radius 1 is 0.824 bits per heavy atom. The number of hydrogen-bond acceptors (Lipinski definition) is 8. The first-order valence-corrected chi connectivity index (χ1v) is 10.2. The van der Waals surface area contributed by atoms with Crippen LogP contribution < -0.4 is 38.9 Å². The molecule has 0 radical (unpaired) electrons. The van der Waals surface area contributed by atoms with E-state index in [2.05, 4.69) is 20.9 Å². The van der Waals surface area contributed by atoms with Crippen molar-refractivity contribution in [2.24, 2.45) is 27.9 Å². The molecule has 0 aliphatic carbocycles. The fourth-order valence-electron chi connectivity index (χ4n) is 2.54. The Kier molecular flexibility index (Phi) is 14.0. The van der Waals surface area contributed by atoms with Crippen molar-refractivity contribution in [3.8, 4) is 0 Å². The monoisotopic (exact) mass is 488 g/mol. The molecule has 4 amide bonds. The van der Waals surface area contributed by atoms with Crippen LogP contribution in [0, 0.1) is 0 Å². The molecule has 0 heterocycles. The van der Waals surface area contributed by atoms with Crippen LogP contribution in [-0.4, -0.2) is 83.0 Å². The molecule has 3 unspecified atom stereocenters. The van der Waals surface area contributed by atoms with Crippen molar-refractivity contribution >= 4 is 41.5 Å². The van der Waals surface area contributed by atoms with Gasteiger partial charge in [0.25, 0.3) is 0 Å². The van der Waals surface area contributed by atoms with Gasteiger partial charge in [0.1, 0.15) is 12.1 Å².